The zero-order valence-electron chi connectivity index (χ0n) is 10.0. The highest BCUT2D eigenvalue weighted by Gasteiger charge is 2.21. The first kappa shape index (κ1) is 11.3. The van der Waals surface area contributed by atoms with Crippen LogP contribution in [-0.2, 0) is 6.42 Å². The van der Waals surface area contributed by atoms with Crippen molar-refractivity contribution in [3.05, 3.63) is 17.8 Å². The maximum absolute atomic E-state index is 4.99. The molecular weight excluding hydrogens is 202 g/mol. The molecule has 16 heavy (non-hydrogen) atoms. The minimum absolute atomic E-state index is 0.588. The normalized spacial score (nSPS) is 21.2. The van der Waals surface area contributed by atoms with E-state index in [1.165, 1.54) is 19.5 Å². The van der Waals surface area contributed by atoms with Gasteiger partial charge in [-0.25, -0.2) is 0 Å². The van der Waals surface area contributed by atoms with Crippen molar-refractivity contribution in [1.82, 2.24) is 15.1 Å². The fourth-order valence-corrected chi connectivity index (χ4v) is 2.23. The van der Waals surface area contributed by atoms with E-state index in [1.807, 2.05) is 12.1 Å². The lowest BCUT2D eigenvalue weighted by Crippen LogP contribution is -2.20. The maximum Gasteiger partial charge on any atom is 0.233 e. The molecule has 0 bridgehead atoms. The van der Waals surface area contributed by atoms with E-state index in [0.29, 0.717) is 5.88 Å². The fourth-order valence-electron chi connectivity index (χ4n) is 2.23. The van der Waals surface area contributed by atoms with Crippen molar-refractivity contribution in [3.8, 4) is 5.88 Å². The van der Waals surface area contributed by atoms with Gasteiger partial charge < -0.3 is 9.64 Å². The Labute approximate surface area is 96.6 Å². The average Bonchev–Trinajstić information content (AvgIpc) is 2.78. The third-order valence-electron chi connectivity index (χ3n) is 3.22. The molecule has 0 spiro atoms. The second kappa shape index (κ2) is 5.25. The van der Waals surface area contributed by atoms with Crippen molar-refractivity contribution in [2.24, 2.45) is 5.92 Å². The van der Waals surface area contributed by atoms with Gasteiger partial charge in [-0.1, -0.05) is 6.92 Å². The van der Waals surface area contributed by atoms with Crippen LogP contribution in [0, 0.1) is 5.92 Å². The summed E-state index contributed by atoms with van der Waals surface area (Å²) < 4.78 is 4.99. The monoisotopic (exact) mass is 221 g/mol. The molecule has 4 heteroatoms. The van der Waals surface area contributed by atoms with Crippen LogP contribution in [0.4, 0.5) is 0 Å². The largest absolute Gasteiger partial charge is 0.480 e. The molecule has 0 amide bonds. The highest BCUT2D eigenvalue weighted by Crippen LogP contribution is 2.19. The standard InChI is InChI=1S/C12H19N3O/c1-3-15-7-6-10(9-15)8-11-4-5-12(16-2)14-13-11/h4-5,10H,3,6-9H2,1-2H3. The molecule has 1 saturated heterocycles. The molecule has 1 unspecified atom stereocenters. The zero-order chi connectivity index (χ0) is 11.4. The molecule has 1 fully saturated rings. The first-order chi connectivity index (χ1) is 7.81. The molecule has 2 heterocycles. The molecule has 1 aromatic heterocycles. The lowest BCUT2D eigenvalue weighted by Gasteiger charge is -2.12. The third-order valence-corrected chi connectivity index (χ3v) is 3.22. The number of methoxy groups -OCH3 is 1. The quantitative estimate of drug-likeness (QED) is 0.769. The van der Waals surface area contributed by atoms with Gasteiger partial charge in [0, 0.05) is 12.6 Å². The minimum Gasteiger partial charge on any atom is -0.480 e. The average molecular weight is 221 g/mol. The van der Waals surface area contributed by atoms with E-state index in [-0.39, 0.29) is 0 Å². The second-order valence-corrected chi connectivity index (χ2v) is 4.32. The molecule has 88 valence electrons. The summed E-state index contributed by atoms with van der Waals surface area (Å²) in [6.07, 6.45) is 2.31. The third kappa shape index (κ3) is 2.70. The molecule has 0 aromatic carbocycles. The second-order valence-electron chi connectivity index (χ2n) is 4.32. The molecular formula is C12H19N3O. The predicted octanol–water partition coefficient (Wildman–Crippen LogP) is 1.37. The van der Waals surface area contributed by atoms with Gasteiger partial charge in [0.25, 0.3) is 0 Å². The molecule has 2 rings (SSSR count). The molecule has 4 nitrogen and oxygen atoms in total. The number of aromatic nitrogens is 2. The Morgan fingerprint density at radius 2 is 2.31 bits per heavy atom. The Morgan fingerprint density at radius 1 is 1.44 bits per heavy atom. The Bertz CT molecular complexity index is 326. The van der Waals surface area contributed by atoms with E-state index >= 15 is 0 Å². The van der Waals surface area contributed by atoms with E-state index in [9.17, 15) is 0 Å². The number of hydrogen-bond acceptors (Lipinski definition) is 4. The summed E-state index contributed by atoms with van der Waals surface area (Å²) in [7, 11) is 1.61. The first-order valence-electron chi connectivity index (χ1n) is 5.90. The van der Waals surface area contributed by atoms with Crippen LogP contribution in [0.3, 0.4) is 0 Å². The van der Waals surface area contributed by atoms with Gasteiger partial charge >= 0.3 is 0 Å². The zero-order valence-corrected chi connectivity index (χ0v) is 10.0. The van der Waals surface area contributed by atoms with Crippen LogP contribution in [0.1, 0.15) is 19.0 Å². The lowest BCUT2D eigenvalue weighted by molar-refractivity contribution is 0.341. The fraction of sp³-hybridized carbons (Fsp3) is 0.667. The molecule has 1 aliphatic heterocycles. The van der Waals surface area contributed by atoms with E-state index in [4.69, 9.17) is 4.74 Å². The molecule has 0 saturated carbocycles. The van der Waals surface area contributed by atoms with Crippen LogP contribution >= 0.6 is 0 Å². The Kier molecular flexibility index (Phi) is 3.72. The van der Waals surface area contributed by atoms with Gasteiger partial charge in [0.2, 0.25) is 5.88 Å². The van der Waals surface area contributed by atoms with Gasteiger partial charge in [-0.15, -0.1) is 5.10 Å². The van der Waals surface area contributed by atoms with Crippen LogP contribution in [-0.4, -0.2) is 41.8 Å². The Morgan fingerprint density at radius 3 is 2.88 bits per heavy atom. The van der Waals surface area contributed by atoms with Crippen molar-refractivity contribution in [1.29, 1.82) is 0 Å². The van der Waals surface area contributed by atoms with E-state index in [1.54, 1.807) is 7.11 Å². The van der Waals surface area contributed by atoms with Gasteiger partial charge in [-0.3, -0.25) is 0 Å². The van der Waals surface area contributed by atoms with Crippen molar-refractivity contribution >= 4 is 0 Å². The van der Waals surface area contributed by atoms with Crippen molar-refractivity contribution < 1.29 is 4.74 Å². The Hall–Kier alpha value is -1.16. The number of ether oxygens (including phenoxy) is 1. The highest BCUT2D eigenvalue weighted by molar-refractivity contribution is 5.11. The predicted molar refractivity (Wildman–Crippen MR) is 62.5 cm³/mol. The summed E-state index contributed by atoms with van der Waals surface area (Å²) in [6.45, 7) is 5.80. The van der Waals surface area contributed by atoms with Gasteiger partial charge in [0.05, 0.1) is 12.8 Å². The van der Waals surface area contributed by atoms with Crippen molar-refractivity contribution in [3.63, 3.8) is 0 Å². The Balaban J connectivity index is 1.89. The van der Waals surface area contributed by atoms with Crippen molar-refractivity contribution in [2.45, 2.75) is 19.8 Å². The molecule has 1 aliphatic rings. The SMILES string of the molecule is CCN1CCC(Cc2ccc(OC)nn2)C1. The van der Waals surface area contributed by atoms with Gasteiger partial charge in [0.1, 0.15) is 0 Å². The number of nitrogens with zero attached hydrogens (tertiary/aromatic N) is 3. The summed E-state index contributed by atoms with van der Waals surface area (Å²) >= 11 is 0. The molecule has 0 aliphatic carbocycles. The molecule has 0 N–H and O–H groups in total. The number of likely N-dealkylation sites (tertiary alicyclic amines) is 1. The molecule has 0 radical (unpaired) electrons. The van der Waals surface area contributed by atoms with Crippen LogP contribution in [0.15, 0.2) is 12.1 Å². The summed E-state index contributed by atoms with van der Waals surface area (Å²) in [4.78, 5) is 2.49. The van der Waals surface area contributed by atoms with E-state index < -0.39 is 0 Å². The van der Waals surface area contributed by atoms with Crippen LogP contribution in [0.25, 0.3) is 0 Å². The van der Waals surface area contributed by atoms with Gasteiger partial charge in [-0.05, 0) is 37.9 Å². The first-order valence-corrected chi connectivity index (χ1v) is 5.90. The molecule has 1 atom stereocenters. The van der Waals surface area contributed by atoms with Gasteiger partial charge in [-0.2, -0.15) is 5.10 Å². The number of rotatable bonds is 4. The lowest BCUT2D eigenvalue weighted by atomic mass is 10.0. The summed E-state index contributed by atoms with van der Waals surface area (Å²) in [5, 5.41) is 8.16. The summed E-state index contributed by atoms with van der Waals surface area (Å²) in [5.74, 6) is 1.33. The topological polar surface area (TPSA) is 38.2 Å². The molecule has 1 aromatic rings. The van der Waals surface area contributed by atoms with Gasteiger partial charge in [0.15, 0.2) is 0 Å². The van der Waals surface area contributed by atoms with Crippen LogP contribution in [0.5, 0.6) is 5.88 Å². The van der Waals surface area contributed by atoms with E-state index in [2.05, 4.69) is 22.0 Å². The highest BCUT2D eigenvalue weighted by atomic mass is 16.5. The smallest absolute Gasteiger partial charge is 0.233 e. The summed E-state index contributed by atoms with van der Waals surface area (Å²) in [6, 6.07) is 3.90. The maximum atomic E-state index is 4.99. The summed E-state index contributed by atoms with van der Waals surface area (Å²) in [5.41, 5.74) is 1.07. The van der Waals surface area contributed by atoms with Crippen LogP contribution < -0.4 is 4.74 Å². The number of hydrogen-bond donors (Lipinski definition) is 0. The van der Waals surface area contributed by atoms with Crippen molar-refractivity contribution in [2.75, 3.05) is 26.7 Å². The van der Waals surface area contributed by atoms with Crippen LogP contribution in [0.2, 0.25) is 0 Å². The van der Waals surface area contributed by atoms with E-state index in [0.717, 1.165) is 24.6 Å². The minimum atomic E-state index is 0.588.